The fourth-order valence-electron chi connectivity index (χ4n) is 3.92. The Kier molecular flexibility index (Phi) is 8.06. The van der Waals surface area contributed by atoms with Gasteiger partial charge in [0.25, 0.3) is 5.91 Å². The molecule has 1 aliphatic rings. The molecule has 6 nitrogen and oxygen atoms in total. The van der Waals surface area contributed by atoms with Crippen LogP contribution in [0.25, 0.3) is 0 Å². The minimum absolute atomic E-state index is 0.00216. The number of quaternary nitrogens is 1. The van der Waals surface area contributed by atoms with Gasteiger partial charge in [0.05, 0.1) is 26.2 Å². The molecular formula is C25H34N3O3+. The summed E-state index contributed by atoms with van der Waals surface area (Å²) >= 11 is 0. The number of carbonyl (C=O) groups excluding carboxylic acids is 2. The van der Waals surface area contributed by atoms with Gasteiger partial charge in [0.15, 0.2) is 6.61 Å². The Morgan fingerprint density at radius 1 is 1.06 bits per heavy atom. The second-order valence-electron chi connectivity index (χ2n) is 8.63. The second-order valence-corrected chi connectivity index (χ2v) is 8.63. The average Bonchev–Trinajstić information content (AvgIpc) is 2.77. The van der Waals surface area contributed by atoms with E-state index in [9.17, 15) is 9.59 Å². The predicted molar refractivity (Wildman–Crippen MR) is 121 cm³/mol. The van der Waals surface area contributed by atoms with Gasteiger partial charge < -0.3 is 19.9 Å². The molecule has 0 aromatic heterocycles. The number of piperazine rings is 1. The predicted octanol–water partition coefficient (Wildman–Crippen LogP) is 1.44. The molecule has 1 heterocycles. The van der Waals surface area contributed by atoms with Crippen molar-refractivity contribution in [3.8, 4) is 5.75 Å². The molecule has 0 bridgehead atoms. The van der Waals surface area contributed by atoms with Gasteiger partial charge in [-0.2, -0.15) is 0 Å². The van der Waals surface area contributed by atoms with Crippen LogP contribution in [0.1, 0.15) is 25.0 Å². The van der Waals surface area contributed by atoms with Crippen LogP contribution in [0.2, 0.25) is 0 Å². The van der Waals surface area contributed by atoms with E-state index in [-0.39, 0.29) is 24.3 Å². The van der Waals surface area contributed by atoms with Crippen LogP contribution in [0.15, 0.2) is 54.6 Å². The summed E-state index contributed by atoms with van der Waals surface area (Å²) in [5.41, 5.74) is 2.61. The molecule has 1 saturated heterocycles. The Hall–Kier alpha value is -2.86. The fourth-order valence-corrected chi connectivity index (χ4v) is 3.92. The van der Waals surface area contributed by atoms with Crippen molar-refractivity contribution in [2.24, 2.45) is 5.92 Å². The van der Waals surface area contributed by atoms with Crippen molar-refractivity contribution >= 4 is 11.8 Å². The quantitative estimate of drug-likeness (QED) is 0.674. The molecule has 1 fully saturated rings. The van der Waals surface area contributed by atoms with E-state index in [0.717, 1.165) is 19.6 Å². The number of amides is 2. The molecule has 2 N–H and O–H groups in total. The van der Waals surface area contributed by atoms with Gasteiger partial charge in [-0.3, -0.25) is 9.59 Å². The Morgan fingerprint density at radius 2 is 1.77 bits per heavy atom. The summed E-state index contributed by atoms with van der Waals surface area (Å²) in [6, 6.07) is 17.3. The van der Waals surface area contributed by atoms with E-state index in [1.165, 1.54) is 16.0 Å². The van der Waals surface area contributed by atoms with Crippen molar-refractivity contribution in [1.82, 2.24) is 10.2 Å². The van der Waals surface area contributed by atoms with Crippen LogP contribution in [0, 0.1) is 12.8 Å². The van der Waals surface area contributed by atoms with Crippen molar-refractivity contribution < 1.29 is 19.2 Å². The number of carbonyl (C=O) groups is 2. The van der Waals surface area contributed by atoms with Crippen LogP contribution < -0.4 is 15.0 Å². The SMILES string of the molecule is Cc1cccc(C[NH+]2CCN(C(=O)[C@@H](NC(=O)COc3ccccc3)C(C)C)CC2)c1. The zero-order valence-corrected chi connectivity index (χ0v) is 18.8. The number of rotatable bonds is 8. The van der Waals surface area contributed by atoms with E-state index in [2.05, 4.69) is 36.5 Å². The number of nitrogens with one attached hydrogen (secondary N) is 2. The summed E-state index contributed by atoms with van der Waals surface area (Å²) in [5, 5.41) is 2.88. The van der Waals surface area contributed by atoms with Crippen LogP contribution in [0.3, 0.4) is 0 Å². The van der Waals surface area contributed by atoms with Crippen molar-refractivity contribution in [2.45, 2.75) is 33.4 Å². The average molecular weight is 425 g/mol. The summed E-state index contributed by atoms with van der Waals surface area (Å²) < 4.78 is 5.51. The zero-order valence-electron chi connectivity index (χ0n) is 18.8. The molecule has 6 heteroatoms. The lowest BCUT2D eigenvalue weighted by atomic mass is 10.0. The van der Waals surface area contributed by atoms with Crippen LogP contribution in [-0.2, 0) is 16.1 Å². The highest BCUT2D eigenvalue weighted by molar-refractivity contribution is 5.88. The Balaban J connectivity index is 1.49. The zero-order chi connectivity index (χ0) is 22.2. The van der Waals surface area contributed by atoms with E-state index in [4.69, 9.17) is 4.74 Å². The van der Waals surface area contributed by atoms with E-state index in [1.807, 2.05) is 36.9 Å². The van der Waals surface area contributed by atoms with E-state index < -0.39 is 6.04 Å². The fraction of sp³-hybridized carbons (Fsp3) is 0.440. The third-order valence-corrected chi connectivity index (χ3v) is 5.68. The van der Waals surface area contributed by atoms with Crippen LogP contribution in [-0.4, -0.2) is 55.5 Å². The van der Waals surface area contributed by atoms with Crippen LogP contribution in [0.5, 0.6) is 5.75 Å². The molecule has 166 valence electrons. The number of aryl methyl sites for hydroxylation is 1. The molecule has 2 aromatic carbocycles. The summed E-state index contributed by atoms with van der Waals surface area (Å²) in [6.45, 7) is 10.1. The molecule has 31 heavy (non-hydrogen) atoms. The first kappa shape index (κ1) is 22.8. The minimum atomic E-state index is -0.537. The van der Waals surface area contributed by atoms with Crippen LogP contribution >= 0.6 is 0 Å². The maximum absolute atomic E-state index is 13.1. The molecule has 3 rings (SSSR count). The molecular weight excluding hydrogens is 390 g/mol. The Labute approximate surface area is 185 Å². The number of hydrogen-bond donors (Lipinski definition) is 2. The van der Waals surface area contributed by atoms with Gasteiger partial charge in [0, 0.05) is 5.56 Å². The first-order chi connectivity index (χ1) is 14.9. The highest BCUT2D eigenvalue weighted by Gasteiger charge is 2.32. The molecule has 2 aromatic rings. The molecule has 0 spiro atoms. The first-order valence-corrected chi connectivity index (χ1v) is 11.1. The second kappa shape index (κ2) is 11.0. The molecule has 0 unspecified atom stereocenters. The van der Waals surface area contributed by atoms with Crippen molar-refractivity contribution in [1.29, 1.82) is 0 Å². The largest absolute Gasteiger partial charge is 0.484 e. The van der Waals surface area contributed by atoms with Gasteiger partial charge in [-0.15, -0.1) is 0 Å². The third kappa shape index (κ3) is 6.82. The van der Waals surface area contributed by atoms with Gasteiger partial charge in [-0.1, -0.05) is 61.9 Å². The lowest BCUT2D eigenvalue weighted by Crippen LogP contribution is -3.13. The number of nitrogens with zero attached hydrogens (tertiary/aromatic N) is 1. The van der Waals surface area contributed by atoms with Gasteiger partial charge >= 0.3 is 0 Å². The standard InChI is InChI=1S/C25H33N3O3/c1-19(2)24(26-23(29)18-31-22-10-5-4-6-11-22)25(30)28-14-12-27(13-15-28)17-21-9-7-8-20(3)16-21/h4-11,16,19,24H,12-15,17-18H2,1-3H3,(H,26,29)/p+1/t24-/m0/s1. The third-order valence-electron chi connectivity index (χ3n) is 5.68. The maximum atomic E-state index is 13.1. The minimum Gasteiger partial charge on any atom is -0.484 e. The number of ether oxygens (including phenoxy) is 1. The summed E-state index contributed by atoms with van der Waals surface area (Å²) in [5.74, 6) is 0.362. The molecule has 0 saturated carbocycles. The van der Waals surface area contributed by atoms with Crippen LogP contribution in [0.4, 0.5) is 0 Å². The van der Waals surface area contributed by atoms with Gasteiger partial charge in [0.1, 0.15) is 18.3 Å². The monoisotopic (exact) mass is 424 g/mol. The smallest absolute Gasteiger partial charge is 0.258 e. The van der Waals surface area contributed by atoms with Gasteiger partial charge in [-0.05, 0) is 25.0 Å². The summed E-state index contributed by atoms with van der Waals surface area (Å²) in [6.07, 6.45) is 0. The highest BCUT2D eigenvalue weighted by Crippen LogP contribution is 2.10. The maximum Gasteiger partial charge on any atom is 0.258 e. The van der Waals surface area contributed by atoms with Crippen molar-refractivity contribution in [3.63, 3.8) is 0 Å². The molecule has 0 aliphatic carbocycles. The topological polar surface area (TPSA) is 63.1 Å². The lowest BCUT2D eigenvalue weighted by molar-refractivity contribution is -0.917. The number of benzene rings is 2. The van der Waals surface area contributed by atoms with Crippen molar-refractivity contribution in [2.75, 3.05) is 32.8 Å². The van der Waals surface area contributed by atoms with Gasteiger partial charge in [0.2, 0.25) is 5.91 Å². The molecule has 1 aliphatic heterocycles. The Bertz CT molecular complexity index is 861. The van der Waals surface area contributed by atoms with E-state index >= 15 is 0 Å². The molecule has 2 amide bonds. The normalized spacial score (nSPS) is 15.5. The van der Waals surface area contributed by atoms with E-state index in [0.29, 0.717) is 18.8 Å². The Morgan fingerprint density at radius 3 is 2.42 bits per heavy atom. The summed E-state index contributed by atoms with van der Waals surface area (Å²) in [7, 11) is 0. The number of hydrogen-bond acceptors (Lipinski definition) is 3. The van der Waals surface area contributed by atoms with E-state index in [1.54, 1.807) is 12.1 Å². The highest BCUT2D eigenvalue weighted by atomic mass is 16.5. The lowest BCUT2D eigenvalue weighted by Gasteiger charge is -2.35. The first-order valence-electron chi connectivity index (χ1n) is 11.1. The van der Waals surface area contributed by atoms with Crippen molar-refractivity contribution in [3.05, 3.63) is 65.7 Å². The number of para-hydroxylation sites is 1. The summed E-state index contributed by atoms with van der Waals surface area (Å²) in [4.78, 5) is 28.9. The van der Waals surface area contributed by atoms with Gasteiger partial charge in [-0.25, -0.2) is 0 Å². The molecule has 0 radical (unpaired) electrons. The molecule has 1 atom stereocenters.